The number of aromatic nitrogens is 2. The zero-order chi connectivity index (χ0) is 13.5. The SMILES string of the molecule is Cc1cc(C(=O)NCCOCC(F)F)nc(Cl)n1. The summed E-state index contributed by atoms with van der Waals surface area (Å²) in [7, 11) is 0. The average molecular weight is 280 g/mol. The lowest BCUT2D eigenvalue weighted by Crippen LogP contribution is -2.28. The predicted octanol–water partition coefficient (Wildman–Crippen LogP) is 1.45. The number of alkyl halides is 2. The van der Waals surface area contributed by atoms with Gasteiger partial charge in [-0.2, -0.15) is 0 Å². The van der Waals surface area contributed by atoms with Gasteiger partial charge in [-0.15, -0.1) is 0 Å². The van der Waals surface area contributed by atoms with Crippen LogP contribution in [0.3, 0.4) is 0 Å². The lowest BCUT2D eigenvalue weighted by atomic mass is 10.3. The summed E-state index contributed by atoms with van der Waals surface area (Å²) in [6.07, 6.45) is -2.51. The Morgan fingerprint density at radius 2 is 2.28 bits per heavy atom. The number of halogens is 3. The van der Waals surface area contributed by atoms with Gasteiger partial charge in [-0.25, -0.2) is 18.7 Å². The number of carbonyl (C=O) groups is 1. The Labute approximate surface area is 108 Å². The van der Waals surface area contributed by atoms with Crippen LogP contribution in [0.2, 0.25) is 5.28 Å². The van der Waals surface area contributed by atoms with E-state index in [0.717, 1.165) is 0 Å². The molecule has 1 aromatic heterocycles. The second kappa shape index (κ2) is 7.17. The highest BCUT2D eigenvalue weighted by Crippen LogP contribution is 2.04. The molecule has 1 heterocycles. The molecule has 0 saturated heterocycles. The number of hydrogen-bond donors (Lipinski definition) is 1. The second-order valence-electron chi connectivity index (χ2n) is 3.39. The molecule has 0 radical (unpaired) electrons. The van der Waals surface area contributed by atoms with Crippen LogP contribution in [-0.2, 0) is 4.74 Å². The molecule has 0 aliphatic carbocycles. The molecule has 0 aliphatic heterocycles. The van der Waals surface area contributed by atoms with Crippen molar-refractivity contribution in [3.8, 4) is 0 Å². The number of nitrogens with one attached hydrogen (secondary N) is 1. The summed E-state index contributed by atoms with van der Waals surface area (Å²) in [6.45, 7) is 1.16. The number of carbonyl (C=O) groups excluding carboxylic acids is 1. The molecule has 0 unspecified atom stereocenters. The van der Waals surface area contributed by atoms with Crippen molar-refractivity contribution in [3.63, 3.8) is 0 Å². The van der Waals surface area contributed by atoms with Gasteiger partial charge in [-0.05, 0) is 24.6 Å². The smallest absolute Gasteiger partial charge is 0.270 e. The number of hydrogen-bond acceptors (Lipinski definition) is 4. The fraction of sp³-hybridized carbons (Fsp3) is 0.500. The van der Waals surface area contributed by atoms with Gasteiger partial charge in [0.25, 0.3) is 12.3 Å². The van der Waals surface area contributed by atoms with Crippen LogP contribution in [0.5, 0.6) is 0 Å². The van der Waals surface area contributed by atoms with Crippen LogP contribution in [0.15, 0.2) is 6.07 Å². The normalized spacial score (nSPS) is 10.7. The molecule has 0 aromatic carbocycles. The van der Waals surface area contributed by atoms with Crippen molar-refractivity contribution in [1.29, 1.82) is 0 Å². The highest BCUT2D eigenvalue weighted by molar-refractivity contribution is 6.28. The quantitative estimate of drug-likeness (QED) is 0.632. The topological polar surface area (TPSA) is 64.1 Å². The summed E-state index contributed by atoms with van der Waals surface area (Å²) in [5.74, 6) is -0.456. The molecule has 8 heteroatoms. The van der Waals surface area contributed by atoms with Crippen molar-refractivity contribution >= 4 is 17.5 Å². The minimum Gasteiger partial charge on any atom is -0.374 e. The predicted molar refractivity (Wildman–Crippen MR) is 60.9 cm³/mol. The zero-order valence-electron chi connectivity index (χ0n) is 9.62. The van der Waals surface area contributed by atoms with E-state index in [4.69, 9.17) is 11.6 Å². The average Bonchev–Trinajstić information content (AvgIpc) is 2.26. The Morgan fingerprint density at radius 1 is 1.56 bits per heavy atom. The molecule has 1 aromatic rings. The van der Waals surface area contributed by atoms with Crippen LogP contribution in [0.1, 0.15) is 16.2 Å². The van der Waals surface area contributed by atoms with Crippen LogP contribution in [-0.4, -0.2) is 42.1 Å². The van der Waals surface area contributed by atoms with Gasteiger partial charge >= 0.3 is 0 Å². The van der Waals surface area contributed by atoms with Crippen LogP contribution in [0, 0.1) is 6.92 Å². The third kappa shape index (κ3) is 5.33. The molecule has 0 bridgehead atoms. The van der Waals surface area contributed by atoms with Crippen molar-refractivity contribution < 1.29 is 18.3 Å². The molecule has 18 heavy (non-hydrogen) atoms. The van der Waals surface area contributed by atoms with Crippen molar-refractivity contribution in [1.82, 2.24) is 15.3 Å². The maximum Gasteiger partial charge on any atom is 0.270 e. The molecule has 1 rings (SSSR count). The number of ether oxygens (including phenoxy) is 1. The number of aryl methyl sites for hydroxylation is 1. The maximum absolute atomic E-state index is 11.7. The second-order valence-corrected chi connectivity index (χ2v) is 3.72. The molecule has 0 fully saturated rings. The third-order valence-electron chi connectivity index (χ3n) is 1.84. The summed E-state index contributed by atoms with van der Waals surface area (Å²) < 4.78 is 28.1. The summed E-state index contributed by atoms with van der Waals surface area (Å²) >= 11 is 5.60. The molecule has 0 atom stereocenters. The van der Waals surface area contributed by atoms with Crippen LogP contribution in [0.25, 0.3) is 0 Å². The Hall–Kier alpha value is -1.34. The van der Waals surface area contributed by atoms with Gasteiger partial charge in [-0.1, -0.05) is 0 Å². The van der Waals surface area contributed by atoms with E-state index in [1.54, 1.807) is 6.92 Å². The van der Waals surface area contributed by atoms with E-state index in [0.29, 0.717) is 5.69 Å². The Kier molecular flexibility index (Phi) is 5.87. The number of rotatable bonds is 6. The zero-order valence-corrected chi connectivity index (χ0v) is 10.4. The Balaban J connectivity index is 2.36. The van der Waals surface area contributed by atoms with Crippen molar-refractivity contribution in [3.05, 3.63) is 22.7 Å². The molecular formula is C10H12ClF2N3O2. The number of nitrogens with zero attached hydrogens (tertiary/aromatic N) is 2. The van der Waals surface area contributed by atoms with Gasteiger partial charge in [0.2, 0.25) is 5.28 Å². The summed E-state index contributed by atoms with van der Waals surface area (Å²) in [5, 5.41) is 2.45. The number of amides is 1. The molecule has 0 spiro atoms. The molecule has 0 aliphatic rings. The van der Waals surface area contributed by atoms with E-state index in [1.165, 1.54) is 6.07 Å². The van der Waals surface area contributed by atoms with E-state index in [1.807, 2.05) is 0 Å². The first kappa shape index (κ1) is 14.7. The van der Waals surface area contributed by atoms with Gasteiger partial charge in [0.15, 0.2) is 0 Å². The van der Waals surface area contributed by atoms with E-state index >= 15 is 0 Å². The van der Waals surface area contributed by atoms with Crippen LogP contribution < -0.4 is 5.32 Å². The Bertz CT molecular complexity index is 398. The van der Waals surface area contributed by atoms with E-state index < -0.39 is 18.9 Å². The van der Waals surface area contributed by atoms with Crippen molar-refractivity contribution in [2.75, 3.05) is 19.8 Å². The Morgan fingerprint density at radius 3 is 2.89 bits per heavy atom. The highest BCUT2D eigenvalue weighted by atomic mass is 35.5. The molecule has 5 nitrogen and oxygen atoms in total. The lowest BCUT2D eigenvalue weighted by Gasteiger charge is -2.06. The monoisotopic (exact) mass is 279 g/mol. The molecule has 1 N–H and O–H groups in total. The largest absolute Gasteiger partial charge is 0.374 e. The first-order valence-corrected chi connectivity index (χ1v) is 5.52. The lowest BCUT2D eigenvalue weighted by molar-refractivity contribution is 0.0188. The van der Waals surface area contributed by atoms with Gasteiger partial charge < -0.3 is 10.1 Å². The van der Waals surface area contributed by atoms with E-state index in [9.17, 15) is 13.6 Å². The third-order valence-corrected chi connectivity index (χ3v) is 2.00. The fourth-order valence-electron chi connectivity index (χ4n) is 1.15. The minimum absolute atomic E-state index is 0.00782. The first-order chi connectivity index (χ1) is 8.49. The van der Waals surface area contributed by atoms with E-state index in [2.05, 4.69) is 20.0 Å². The van der Waals surface area contributed by atoms with Crippen molar-refractivity contribution in [2.45, 2.75) is 13.3 Å². The van der Waals surface area contributed by atoms with Gasteiger partial charge in [0.1, 0.15) is 12.3 Å². The molecular weight excluding hydrogens is 268 g/mol. The minimum atomic E-state index is -2.51. The maximum atomic E-state index is 11.7. The van der Waals surface area contributed by atoms with E-state index in [-0.39, 0.29) is 24.1 Å². The highest BCUT2D eigenvalue weighted by Gasteiger charge is 2.09. The standard InChI is InChI=1S/C10H12ClF2N3O2/c1-6-4-7(16-10(11)15-6)9(17)14-2-3-18-5-8(12)13/h4,8H,2-3,5H2,1H3,(H,14,17). The summed E-state index contributed by atoms with van der Waals surface area (Å²) in [5.41, 5.74) is 0.690. The first-order valence-electron chi connectivity index (χ1n) is 5.14. The van der Waals surface area contributed by atoms with Gasteiger partial charge in [-0.3, -0.25) is 4.79 Å². The fourth-order valence-corrected chi connectivity index (χ4v) is 1.37. The molecule has 1 amide bonds. The molecule has 100 valence electrons. The van der Waals surface area contributed by atoms with Crippen molar-refractivity contribution in [2.24, 2.45) is 0 Å². The van der Waals surface area contributed by atoms with Gasteiger partial charge in [0, 0.05) is 12.2 Å². The van der Waals surface area contributed by atoms with Crippen LogP contribution in [0.4, 0.5) is 8.78 Å². The molecule has 0 saturated carbocycles. The van der Waals surface area contributed by atoms with Gasteiger partial charge in [0.05, 0.1) is 6.61 Å². The summed E-state index contributed by atoms with van der Waals surface area (Å²) in [4.78, 5) is 19.1. The van der Waals surface area contributed by atoms with Crippen LogP contribution >= 0.6 is 11.6 Å². The summed E-state index contributed by atoms with van der Waals surface area (Å²) in [6, 6.07) is 1.47.